The van der Waals surface area contributed by atoms with Crippen LogP contribution in [-0.4, -0.2) is 11.8 Å². The van der Waals surface area contributed by atoms with Gasteiger partial charge in [-0.15, -0.1) is 11.8 Å². The molecule has 0 amide bonds. The first kappa shape index (κ1) is 11.6. The van der Waals surface area contributed by atoms with Crippen molar-refractivity contribution in [3.8, 4) is 0 Å². The molecule has 14 heavy (non-hydrogen) atoms. The standard InChI is InChI=1S/C12H19NS/c1-9(2)14-12-6-4-5-11(7-12)10(3)8-13/h4-7,9-10H,8,13H2,1-3H3. The fourth-order valence-corrected chi connectivity index (χ4v) is 2.21. The lowest BCUT2D eigenvalue weighted by Gasteiger charge is -2.11. The lowest BCUT2D eigenvalue weighted by molar-refractivity contribution is 0.771. The van der Waals surface area contributed by atoms with Gasteiger partial charge < -0.3 is 5.73 Å². The number of rotatable bonds is 4. The fraction of sp³-hybridized carbons (Fsp3) is 0.500. The summed E-state index contributed by atoms with van der Waals surface area (Å²) in [4.78, 5) is 1.35. The molecule has 1 atom stereocenters. The van der Waals surface area contributed by atoms with E-state index in [4.69, 9.17) is 5.73 Å². The molecule has 2 heteroatoms. The van der Waals surface area contributed by atoms with E-state index in [1.807, 2.05) is 11.8 Å². The Morgan fingerprint density at radius 3 is 2.57 bits per heavy atom. The Labute approximate surface area is 91.1 Å². The van der Waals surface area contributed by atoms with Gasteiger partial charge in [-0.05, 0) is 30.2 Å². The third-order valence-electron chi connectivity index (χ3n) is 2.15. The highest BCUT2D eigenvalue weighted by molar-refractivity contribution is 7.99. The topological polar surface area (TPSA) is 26.0 Å². The molecule has 0 saturated carbocycles. The van der Waals surface area contributed by atoms with Crippen LogP contribution in [0.1, 0.15) is 32.3 Å². The average molecular weight is 209 g/mol. The summed E-state index contributed by atoms with van der Waals surface area (Å²) in [5.41, 5.74) is 6.99. The largest absolute Gasteiger partial charge is 0.330 e. The molecule has 1 aromatic carbocycles. The Kier molecular flexibility index (Phi) is 4.49. The minimum absolute atomic E-state index is 0.461. The smallest absolute Gasteiger partial charge is 0.00774 e. The lowest BCUT2D eigenvalue weighted by Crippen LogP contribution is -2.08. The molecule has 0 aliphatic heterocycles. The number of nitrogens with two attached hydrogens (primary N) is 1. The summed E-state index contributed by atoms with van der Waals surface area (Å²) in [5, 5.41) is 0.637. The Hall–Kier alpha value is -0.470. The maximum Gasteiger partial charge on any atom is 0.00774 e. The van der Waals surface area contributed by atoms with E-state index >= 15 is 0 Å². The van der Waals surface area contributed by atoms with Gasteiger partial charge in [0.25, 0.3) is 0 Å². The van der Waals surface area contributed by atoms with Crippen LogP contribution in [0.2, 0.25) is 0 Å². The average Bonchev–Trinajstić information content (AvgIpc) is 2.16. The highest BCUT2D eigenvalue weighted by Crippen LogP contribution is 2.25. The fourth-order valence-electron chi connectivity index (χ4n) is 1.30. The summed E-state index contributed by atoms with van der Waals surface area (Å²) in [5.74, 6) is 0.461. The minimum atomic E-state index is 0.461. The first-order valence-corrected chi connectivity index (χ1v) is 5.98. The molecule has 78 valence electrons. The van der Waals surface area contributed by atoms with Crippen molar-refractivity contribution in [2.24, 2.45) is 5.73 Å². The molecule has 0 fully saturated rings. The van der Waals surface area contributed by atoms with E-state index in [9.17, 15) is 0 Å². The monoisotopic (exact) mass is 209 g/mol. The third kappa shape index (κ3) is 3.35. The van der Waals surface area contributed by atoms with Crippen molar-refractivity contribution in [3.05, 3.63) is 29.8 Å². The van der Waals surface area contributed by atoms with Crippen molar-refractivity contribution in [1.82, 2.24) is 0 Å². The first-order valence-electron chi connectivity index (χ1n) is 5.10. The van der Waals surface area contributed by atoms with Crippen molar-refractivity contribution >= 4 is 11.8 Å². The molecule has 1 nitrogen and oxygen atoms in total. The van der Waals surface area contributed by atoms with Crippen molar-refractivity contribution in [2.75, 3.05) is 6.54 Å². The quantitative estimate of drug-likeness (QED) is 0.770. The normalized spacial score (nSPS) is 13.2. The molecule has 0 heterocycles. The highest BCUT2D eigenvalue weighted by Gasteiger charge is 2.04. The van der Waals surface area contributed by atoms with Gasteiger partial charge in [0.2, 0.25) is 0 Å². The Bertz CT molecular complexity index is 283. The Morgan fingerprint density at radius 2 is 2.00 bits per heavy atom. The summed E-state index contributed by atoms with van der Waals surface area (Å²) >= 11 is 1.90. The van der Waals surface area contributed by atoms with Gasteiger partial charge in [0.1, 0.15) is 0 Å². The van der Waals surface area contributed by atoms with E-state index in [-0.39, 0.29) is 0 Å². The van der Waals surface area contributed by atoms with Crippen molar-refractivity contribution < 1.29 is 0 Å². The summed E-state index contributed by atoms with van der Waals surface area (Å²) in [6, 6.07) is 8.69. The van der Waals surface area contributed by atoms with Gasteiger partial charge in [0.05, 0.1) is 0 Å². The predicted octanol–water partition coefficient (Wildman–Crippen LogP) is 3.25. The molecule has 0 aliphatic rings. The van der Waals surface area contributed by atoms with Crippen molar-refractivity contribution in [3.63, 3.8) is 0 Å². The second-order valence-electron chi connectivity index (χ2n) is 3.88. The van der Waals surface area contributed by atoms with Crippen molar-refractivity contribution in [2.45, 2.75) is 36.8 Å². The number of thioether (sulfide) groups is 1. The Morgan fingerprint density at radius 1 is 1.29 bits per heavy atom. The number of hydrogen-bond acceptors (Lipinski definition) is 2. The zero-order valence-corrected chi connectivity index (χ0v) is 9.97. The molecular weight excluding hydrogens is 190 g/mol. The van der Waals surface area contributed by atoms with Gasteiger partial charge in [-0.2, -0.15) is 0 Å². The zero-order valence-electron chi connectivity index (χ0n) is 9.16. The minimum Gasteiger partial charge on any atom is -0.330 e. The van der Waals surface area contributed by atoms with Crippen LogP contribution >= 0.6 is 11.8 Å². The molecule has 0 bridgehead atoms. The van der Waals surface area contributed by atoms with Gasteiger partial charge in [-0.1, -0.05) is 32.9 Å². The van der Waals surface area contributed by atoms with Crippen LogP contribution in [-0.2, 0) is 0 Å². The molecule has 0 radical (unpaired) electrons. The molecule has 0 spiro atoms. The van der Waals surface area contributed by atoms with E-state index < -0.39 is 0 Å². The Balaban J connectivity index is 2.78. The molecule has 1 aromatic rings. The first-order chi connectivity index (χ1) is 6.63. The van der Waals surface area contributed by atoms with Gasteiger partial charge in [0, 0.05) is 10.1 Å². The molecule has 1 unspecified atom stereocenters. The van der Waals surface area contributed by atoms with E-state index in [0.29, 0.717) is 11.2 Å². The van der Waals surface area contributed by atoms with Gasteiger partial charge in [-0.25, -0.2) is 0 Å². The van der Waals surface area contributed by atoms with Crippen LogP contribution in [0.3, 0.4) is 0 Å². The van der Waals surface area contributed by atoms with Crippen LogP contribution in [0.5, 0.6) is 0 Å². The van der Waals surface area contributed by atoms with Gasteiger partial charge >= 0.3 is 0 Å². The molecule has 2 N–H and O–H groups in total. The maximum absolute atomic E-state index is 5.65. The molecule has 0 aliphatic carbocycles. The van der Waals surface area contributed by atoms with Gasteiger partial charge in [0.15, 0.2) is 0 Å². The third-order valence-corrected chi connectivity index (χ3v) is 3.15. The summed E-state index contributed by atoms with van der Waals surface area (Å²) in [7, 11) is 0. The molecular formula is C12H19NS. The van der Waals surface area contributed by atoms with E-state index in [1.54, 1.807) is 0 Å². The van der Waals surface area contributed by atoms with E-state index in [0.717, 1.165) is 6.54 Å². The molecule has 0 saturated heterocycles. The predicted molar refractivity (Wildman–Crippen MR) is 64.9 cm³/mol. The number of hydrogen-bond donors (Lipinski definition) is 1. The maximum atomic E-state index is 5.65. The second kappa shape index (κ2) is 5.42. The van der Waals surface area contributed by atoms with Crippen LogP contribution in [0.25, 0.3) is 0 Å². The second-order valence-corrected chi connectivity index (χ2v) is 5.53. The molecule has 1 rings (SSSR count). The molecule has 0 aromatic heterocycles. The number of benzene rings is 1. The van der Waals surface area contributed by atoms with Crippen LogP contribution in [0, 0.1) is 0 Å². The lowest BCUT2D eigenvalue weighted by atomic mass is 10.0. The van der Waals surface area contributed by atoms with Crippen LogP contribution in [0.4, 0.5) is 0 Å². The summed E-state index contributed by atoms with van der Waals surface area (Å²) in [6.07, 6.45) is 0. The highest BCUT2D eigenvalue weighted by atomic mass is 32.2. The van der Waals surface area contributed by atoms with E-state index in [2.05, 4.69) is 45.0 Å². The van der Waals surface area contributed by atoms with Crippen molar-refractivity contribution in [1.29, 1.82) is 0 Å². The van der Waals surface area contributed by atoms with E-state index in [1.165, 1.54) is 10.5 Å². The zero-order chi connectivity index (χ0) is 10.6. The van der Waals surface area contributed by atoms with Gasteiger partial charge in [-0.3, -0.25) is 0 Å². The summed E-state index contributed by atoms with van der Waals surface area (Å²) < 4.78 is 0. The summed E-state index contributed by atoms with van der Waals surface area (Å²) in [6.45, 7) is 7.31. The SMILES string of the molecule is CC(C)Sc1cccc(C(C)CN)c1. The van der Waals surface area contributed by atoms with Crippen LogP contribution < -0.4 is 5.73 Å². The van der Waals surface area contributed by atoms with Crippen LogP contribution in [0.15, 0.2) is 29.2 Å².